The fourth-order valence-corrected chi connectivity index (χ4v) is 2.81. The first-order valence-electron chi connectivity index (χ1n) is 4.94. The Balaban J connectivity index is 2.18. The van der Waals surface area contributed by atoms with Gasteiger partial charge in [-0.05, 0) is 24.1 Å². The summed E-state index contributed by atoms with van der Waals surface area (Å²) >= 11 is 0. The molecule has 4 aliphatic rings. The predicted octanol–water partition coefficient (Wildman–Crippen LogP) is 1.99. The molecular formula is C12H12O2. The average molecular weight is 188 g/mol. The van der Waals surface area contributed by atoms with Gasteiger partial charge in [0.05, 0.1) is 12.5 Å². The molecule has 0 fully saturated rings. The summed E-state index contributed by atoms with van der Waals surface area (Å²) in [6.45, 7) is 0. The van der Waals surface area contributed by atoms with Gasteiger partial charge in [0.15, 0.2) is 5.78 Å². The minimum absolute atomic E-state index is 0.194. The van der Waals surface area contributed by atoms with E-state index in [1.165, 1.54) is 5.57 Å². The molecule has 2 bridgehead atoms. The number of hydrogen-bond donors (Lipinski definition) is 0. The molecule has 0 amide bonds. The maximum atomic E-state index is 11.5. The normalized spacial score (nSPS) is 38.1. The van der Waals surface area contributed by atoms with Gasteiger partial charge < -0.3 is 4.74 Å². The molecule has 0 heterocycles. The van der Waals surface area contributed by atoms with Crippen LogP contribution in [0.3, 0.4) is 0 Å². The topological polar surface area (TPSA) is 26.3 Å². The second kappa shape index (κ2) is 2.38. The third-order valence-electron chi connectivity index (χ3n) is 3.47. The maximum absolute atomic E-state index is 11.5. The van der Waals surface area contributed by atoms with E-state index in [2.05, 4.69) is 18.2 Å². The number of allylic oxidation sites excluding steroid dienone is 4. The molecule has 2 heteroatoms. The van der Waals surface area contributed by atoms with E-state index in [0.29, 0.717) is 12.3 Å². The smallest absolute Gasteiger partial charge is 0.157 e. The van der Waals surface area contributed by atoms with Crippen LogP contribution in [-0.2, 0) is 9.53 Å². The number of rotatable bonds is 1. The summed E-state index contributed by atoms with van der Waals surface area (Å²) in [5.74, 6) is 1.63. The Labute approximate surface area is 82.9 Å². The molecule has 0 saturated carbocycles. The van der Waals surface area contributed by atoms with Crippen LogP contribution in [0.5, 0.6) is 0 Å². The quantitative estimate of drug-likeness (QED) is 0.588. The monoisotopic (exact) mass is 188 g/mol. The molecule has 0 radical (unpaired) electrons. The van der Waals surface area contributed by atoms with Crippen LogP contribution in [0, 0.1) is 11.3 Å². The van der Waals surface area contributed by atoms with Crippen molar-refractivity contribution in [3.63, 3.8) is 0 Å². The van der Waals surface area contributed by atoms with Crippen LogP contribution in [0.15, 0.2) is 35.6 Å². The minimum Gasteiger partial charge on any atom is -0.500 e. The van der Waals surface area contributed by atoms with E-state index in [9.17, 15) is 4.79 Å². The zero-order valence-corrected chi connectivity index (χ0v) is 8.12. The summed E-state index contributed by atoms with van der Waals surface area (Å²) in [7, 11) is 1.69. The zero-order chi connectivity index (χ0) is 9.76. The van der Waals surface area contributed by atoms with Crippen molar-refractivity contribution >= 4 is 5.78 Å². The van der Waals surface area contributed by atoms with Gasteiger partial charge in [-0.2, -0.15) is 0 Å². The van der Waals surface area contributed by atoms with Crippen molar-refractivity contribution in [3.05, 3.63) is 35.6 Å². The largest absolute Gasteiger partial charge is 0.500 e. The molecule has 0 saturated heterocycles. The van der Waals surface area contributed by atoms with Gasteiger partial charge in [-0.15, -0.1) is 0 Å². The number of methoxy groups -OCH3 is 1. The highest BCUT2D eigenvalue weighted by Gasteiger charge is 2.48. The average Bonchev–Trinajstić information content (AvgIpc) is 2.52. The van der Waals surface area contributed by atoms with Gasteiger partial charge in [-0.3, -0.25) is 4.79 Å². The Morgan fingerprint density at radius 3 is 3.21 bits per heavy atom. The third kappa shape index (κ3) is 0.788. The molecule has 4 aliphatic carbocycles. The number of hydrogen-bond acceptors (Lipinski definition) is 2. The first kappa shape index (κ1) is 8.04. The number of carbonyl (C=O) groups is 1. The van der Waals surface area contributed by atoms with Crippen LogP contribution in [0.1, 0.15) is 12.8 Å². The van der Waals surface area contributed by atoms with Crippen LogP contribution >= 0.6 is 0 Å². The lowest BCUT2D eigenvalue weighted by molar-refractivity contribution is -0.114. The lowest BCUT2D eigenvalue weighted by atomic mass is 9.66. The van der Waals surface area contributed by atoms with Gasteiger partial charge in [0.25, 0.3) is 0 Å². The summed E-state index contributed by atoms with van der Waals surface area (Å²) in [4.78, 5) is 11.5. The highest BCUT2D eigenvalue weighted by atomic mass is 16.5. The molecule has 72 valence electrons. The first-order valence-corrected chi connectivity index (χ1v) is 4.94. The Morgan fingerprint density at radius 2 is 2.43 bits per heavy atom. The molecular weight excluding hydrogens is 176 g/mol. The fraction of sp³-hybridized carbons (Fsp3) is 0.417. The molecule has 2 unspecified atom stereocenters. The molecule has 14 heavy (non-hydrogen) atoms. The lowest BCUT2D eigenvalue weighted by Crippen LogP contribution is -2.31. The molecule has 4 rings (SSSR count). The molecule has 0 aromatic heterocycles. The molecule has 0 N–H and O–H groups in total. The third-order valence-corrected chi connectivity index (χ3v) is 3.47. The summed E-state index contributed by atoms with van der Waals surface area (Å²) in [6, 6.07) is 0. The molecule has 0 aliphatic heterocycles. The summed E-state index contributed by atoms with van der Waals surface area (Å²) in [5.41, 5.74) is 1.05. The molecule has 2 atom stereocenters. The number of ether oxygens (including phenoxy) is 1. The Hall–Kier alpha value is -1.31. The first-order chi connectivity index (χ1) is 6.74. The van der Waals surface area contributed by atoms with Gasteiger partial charge in [-0.1, -0.05) is 12.2 Å². The highest BCUT2D eigenvalue weighted by molar-refractivity contribution is 5.96. The minimum atomic E-state index is -0.194. The second-order valence-electron chi connectivity index (χ2n) is 4.25. The SMILES string of the molecule is COC1=CC2C=CC13CC(=O)C=C3C2. The van der Waals surface area contributed by atoms with Crippen LogP contribution in [0.2, 0.25) is 0 Å². The van der Waals surface area contributed by atoms with Crippen molar-refractivity contribution in [1.29, 1.82) is 0 Å². The van der Waals surface area contributed by atoms with E-state index in [0.717, 1.165) is 12.2 Å². The van der Waals surface area contributed by atoms with Crippen molar-refractivity contribution in [2.75, 3.05) is 7.11 Å². The standard InChI is InChI=1S/C12H12O2/c1-14-11-5-8-2-3-12(11)7-10(13)6-9(12)4-8/h2-3,5-6,8H,4,7H2,1H3. The van der Waals surface area contributed by atoms with Crippen LogP contribution in [0.25, 0.3) is 0 Å². The maximum Gasteiger partial charge on any atom is 0.157 e. The van der Waals surface area contributed by atoms with Gasteiger partial charge >= 0.3 is 0 Å². The van der Waals surface area contributed by atoms with Crippen LogP contribution in [0.4, 0.5) is 0 Å². The van der Waals surface area contributed by atoms with Gasteiger partial charge in [0.1, 0.15) is 5.76 Å². The predicted molar refractivity (Wildman–Crippen MR) is 52.5 cm³/mol. The van der Waals surface area contributed by atoms with Crippen molar-refractivity contribution in [1.82, 2.24) is 0 Å². The molecule has 0 aromatic rings. The molecule has 2 nitrogen and oxygen atoms in total. The van der Waals surface area contributed by atoms with Crippen molar-refractivity contribution in [2.24, 2.45) is 11.3 Å². The number of ketones is 1. The van der Waals surface area contributed by atoms with E-state index in [4.69, 9.17) is 4.74 Å². The van der Waals surface area contributed by atoms with Crippen molar-refractivity contribution in [3.8, 4) is 0 Å². The highest BCUT2D eigenvalue weighted by Crippen LogP contribution is 2.54. The lowest BCUT2D eigenvalue weighted by Gasteiger charge is -2.39. The van der Waals surface area contributed by atoms with Gasteiger partial charge in [0.2, 0.25) is 0 Å². The van der Waals surface area contributed by atoms with E-state index < -0.39 is 0 Å². The Kier molecular flexibility index (Phi) is 1.37. The van der Waals surface area contributed by atoms with Crippen molar-refractivity contribution in [2.45, 2.75) is 12.8 Å². The summed E-state index contributed by atoms with van der Waals surface area (Å²) < 4.78 is 5.39. The van der Waals surface area contributed by atoms with Gasteiger partial charge in [0, 0.05) is 12.3 Å². The Bertz CT molecular complexity index is 401. The van der Waals surface area contributed by atoms with Gasteiger partial charge in [-0.25, -0.2) is 0 Å². The zero-order valence-electron chi connectivity index (χ0n) is 8.12. The summed E-state index contributed by atoms with van der Waals surface area (Å²) in [6.07, 6.45) is 9.86. The van der Waals surface area contributed by atoms with E-state index >= 15 is 0 Å². The fourth-order valence-electron chi connectivity index (χ4n) is 2.81. The van der Waals surface area contributed by atoms with E-state index in [1.807, 2.05) is 6.08 Å². The van der Waals surface area contributed by atoms with E-state index in [1.54, 1.807) is 7.11 Å². The molecule has 1 spiro atoms. The van der Waals surface area contributed by atoms with Crippen LogP contribution in [-0.4, -0.2) is 12.9 Å². The van der Waals surface area contributed by atoms with Crippen LogP contribution < -0.4 is 0 Å². The van der Waals surface area contributed by atoms with E-state index in [-0.39, 0.29) is 11.2 Å². The van der Waals surface area contributed by atoms with Crippen molar-refractivity contribution < 1.29 is 9.53 Å². The Morgan fingerprint density at radius 1 is 1.57 bits per heavy atom. The molecule has 0 aromatic carbocycles. The second-order valence-corrected chi connectivity index (χ2v) is 4.25. The summed E-state index contributed by atoms with van der Waals surface area (Å²) in [5, 5.41) is 0. The number of carbonyl (C=O) groups excluding carboxylic acids is 1.